The second-order valence-electron chi connectivity index (χ2n) is 5.80. The van der Waals surface area contributed by atoms with Crippen molar-refractivity contribution < 1.29 is 0 Å². The van der Waals surface area contributed by atoms with Gasteiger partial charge in [-0.25, -0.2) is 0 Å². The van der Waals surface area contributed by atoms with Gasteiger partial charge in [-0.15, -0.1) is 30.6 Å². The Balaban J connectivity index is 1.28. The first-order chi connectivity index (χ1) is 14.3. The summed E-state index contributed by atoms with van der Waals surface area (Å²) in [5.74, 6) is 2.03. The van der Waals surface area contributed by atoms with E-state index in [1.165, 1.54) is 0 Å². The Labute approximate surface area is 191 Å². The van der Waals surface area contributed by atoms with Crippen molar-refractivity contribution in [3.63, 3.8) is 0 Å². The van der Waals surface area contributed by atoms with E-state index in [4.69, 9.17) is 0 Å². The normalized spacial score (nSPS) is 11.1. The molecule has 0 aliphatic rings. The number of hydrogen-bond donors (Lipinski definition) is 2. The molecule has 0 aromatic carbocycles. The van der Waals surface area contributed by atoms with E-state index in [1.807, 2.05) is 0 Å². The van der Waals surface area contributed by atoms with Crippen LogP contribution in [0.1, 0.15) is 36.7 Å². The van der Waals surface area contributed by atoms with Gasteiger partial charge in [0.05, 0.1) is 0 Å². The van der Waals surface area contributed by atoms with Crippen LogP contribution in [0, 0.1) is 0 Å². The van der Waals surface area contributed by atoms with Crippen molar-refractivity contribution in [3.05, 3.63) is 10.0 Å². The molecule has 3 aromatic heterocycles. The van der Waals surface area contributed by atoms with Crippen molar-refractivity contribution in [2.45, 2.75) is 48.2 Å². The van der Waals surface area contributed by atoms with E-state index >= 15 is 0 Å². The fraction of sp³-hybridized carbons (Fsp3) is 0.625. The zero-order chi connectivity index (χ0) is 20.3. The second kappa shape index (κ2) is 12.6. The minimum Gasteiger partial charge on any atom is -0.360 e. The van der Waals surface area contributed by atoms with Gasteiger partial charge in [-0.2, -0.15) is 0 Å². The molecule has 8 nitrogen and oxygen atoms in total. The minimum atomic E-state index is 0.876. The molecule has 0 fully saturated rings. The summed E-state index contributed by atoms with van der Waals surface area (Å²) in [7, 11) is 0. The van der Waals surface area contributed by atoms with E-state index in [1.54, 1.807) is 57.5 Å². The Hall–Kier alpha value is -1.02. The predicted octanol–water partition coefficient (Wildman–Crippen LogP) is 4.55. The fourth-order valence-corrected chi connectivity index (χ4v) is 6.97. The van der Waals surface area contributed by atoms with Gasteiger partial charge in [0.1, 0.15) is 10.0 Å². The molecule has 0 saturated carbocycles. The molecule has 0 aliphatic heterocycles. The van der Waals surface area contributed by atoms with Gasteiger partial charge in [-0.05, 0) is 26.7 Å². The summed E-state index contributed by atoms with van der Waals surface area (Å²) in [5.41, 5.74) is 0. The summed E-state index contributed by atoms with van der Waals surface area (Å²) in [5, 5.41) is 35.7. The summed E-state index contributed by atoms with van der Waals surface area (Å²) >= 11 is 8.50. The Morgan fingerprint density at radius 3 is 1.59 bits per heavy atom. The van der Waals surface area contributed by atoms with Crippen molar-refractivity contribution >= 4 is 67.8 Å². The largest absolute Gasteiger partial charge is 0.360 e. The number of rotatable bonds is 14. The number of nitrogens with one attached hydrogen (secondary N) is 2. The number of aromatic nitrogens is 6. The van der Waals surface area contributed by atoms with Gasteiger partial charge in [0, 0.05) is 37.4 Å². The lowest BCUT2D eigenvalue weighted by atomic mass is 10.4. The molecule has 0 atom stereocenters. The molecule has 0 spiro atoms. The molecule has 3 rings (SSSR count). The molecule has 0 aliphatic carbocycles. The zero-order valence-electron chi connectivity index (χ0n) is 16.4. The third-order valence-corrected chi connectivity index (χ3v) is 8.74. The zero-order valence-corrected chi connectivity index (χ0v) is 20.5. The maximum absolute atomic E-state index is 4.30. The maximum Gasteiger partial charge on any atom is 0.205 e. The molecule has 3 aromatic rings. The van der Waals surface area contributed by atoms with Gasteiger partial charge in [-0.1, -0.05) is 57.5 Å². The Morgan fingerprint density at radius 2 is 1.14 bits per heavy atom. The van der Waals surface area contributed by atoms with Gasteiger partial charge < -0.3 is 10.6 Å². The average Bonchev–Trinajstić information content (AvgIpc) is 3.45. The minimum absolute atomic E-state index is 0.876. The van der Waals surface area contributed by atoms with E-state index < -0.39 is 0 Å². The standard InChI is InChI=1S/C16H24N8S5/c1-3-17-13-21-19-11(27-13)7-5-9-25-15-23-24-16(29-15)26-10-6-8-12-20-22-14(28-12)18-4-2/h3-10H2,1-2H3,(H,17,21)(H,18,22). The third-order valence-electron chi connectivity index (χ3n) is 3.50. The Morgan fingerprint density at radius 1 is 0.655 bits per heavy atom. The number of anilines is 2. The monoisotopic (exact) mass is 488 g/mol. The molecule has 13 heteroatoms. The molecule has 0 amide bonds. The first-order valence-corrected chi connectivity index (χ1v) is 13.9. The summed E-state index contributed by atoms with van der Waals surface area (Å²) in [6, 6.07) is 0. The molecule has 0 radical (unpaired) electrons. The Bertz CT molecular complexity index is 781. The second-order valence-corrected chi connectivity index (χ2v) is 11.6. The van der Waals surface area contributed by atoms with Crippen LogP contribution in [0.5, 0.6) is 0 Å². The van der Waals surface area contributed by atoms with Crippen molar-refractivity contribution in [3.8, 4) is 0 Å². The first-order valence-electron chi connectivity index (χ1n) is 9.48. The van der Waals surface area contributed by atoms with E-state index in [2.05, 4.69) is 55.1 Å². The van der Waals surface area contributed by atoms with Gasteiger partial charge in [0.15, 0.2) is 8.68 Å². The van der Waals surface area contributed by atoms with Gasteiger partial charge in [-0.3, -0.25) is 0 Å². The highest BCUT2D eigenvalue weighted by Gasteiger charge is 2.08. The molecule has 0 unspecified atom stereocenters. The number of nitrogens with zero attached hydrogens (tertiary/aromatic N) is 6. The summed E-state index contributed by atoms with van der Waals surface area (Å²) in [6.07, 6.45) is 4.03. The van der Waals surface area contributed by atoms with Crippen LogP contribution in [0.4, 0.5) is 10.3 Å². The lowest BCUT2D eigenvalue weighted by Crippen LogP contribution is -1.94. The molecule has 2 N–H and O–H groups in total. The lowest BCUT2D eigenvalue weighted by Gasteiger charge is -1.96. The summed E-state index contributed by atoms with van der Waals surface area (Å²) < 4.78 is 2.08. The maximum atomic E-state index is 4.30. The van der Waals surface area contributed by atoms with Crippen molar-refractivity contribution in [2.24, 2.45) is 0 Å². The third kappa shape index (κ3) is 7.96. The van der Waals surface area contributed by atoms with E-state index in [-0.39, 0.29) is 0 Å². The molecule has 3 heterocycles. The highest BCUT2D eigenvalue weighted by atomic mass is 32.2. The van der Waals surface area contributed by atoms with Crippen LogP contribution in [0.25, 0.3) is 0 Å². The highest BCUT2D eigenvalue weighted by Crippen LogP contribution is 2.30. The van der Waals surface area contributed by atoms with Crippen LogP contribution in [-0.4, -0.2) is 55.2 Å². The van der Waals surface area contributed by atoms with E-state index in [9.17, 15) is 0 Å². The SMILES string of the molecule is CCNc1nnc(CCCSc2nnc(SCCCc3nnc(NCC)s3)s2)s1. The van der Waals surface area contributed by atoms with Gasteiger partial charge in [0.25, 0.3) is 0 Å². The average molecular weight is 489 g/mol. The lowest BCUT2D eigenvalue weighted by molar-refractivity contribution is 0.881. The fourth-order valence-electron chi connectivity index (χ4n) is 2.23. The molecule has 29 heavy (non-hydrogen) atoms. The van der Waals surface area contributed by atoms with Crippen LogP contribution < -0.4 is 10.6 Å². The van der Waals surface area contributed by atoms with E-state index in [0.29, 0.717) is 0 Å². The van der Waals surface area contributed by atoms with Gasteiger partial charge >= 0.3 is 0 Å². The molecular formula is C16H24N8S5. The van der Waals surface area contributed by atoms with Gasteiger partial charge in [0.2, 0.25) is 10.3 Å². The highest BCUT2D eigenvalue weighted by molar-refractivity contribution is 8.03. The van der Waals surface area contributed by atoms with Crippen LogP contribution in [0.2, 0.25) is 0 Å². The summed E-state index contributed by atoms with van der Waals surface area (Å²) in [4.78, 5) is 0. The van der Waals surface area contributed by atoms with Crippen LogP contribution in [0.3, 0.4) is 0 Å². The molecule has 0 bridgehead atoms. The van der Waals surface area contributed by atoms with Crippen molar-refractivity contribution in [1.82, 2.24) is 30.6 Å². The smallest absolute Gasteiger partial charge is 0.205 e. The van der Waals surface area contributed by atoms with Crippen LogP contribution in [-0.2, 0) is 12.8 Å². The van der Waals surface area contributed by atoms with Crippen molar-refractivity contribution in [1.29, 1.82) is 0 Å². The predicted molar refractivity (Wildman–Crippen MR) is 126 cm³/mol. The number of aryl methyl sites for hydroxylation is 2. The number of thioether (sulfide) groups is 2. The van der Waals surface area contributed by atoms with Crippen LogP contribution >= 0.6 is 57.5 Å². The summed E-state index contributed by atoms with van der Waals surface area (Å²) in [6.45, 7) is 5.87. The molecule has 0 saturated heterocycles. The van der Waals surface area contributed by atoms with Crippen LogP contribution in [0.15, 0.2) is 8.68 Å². The first kappa shape index (κ1) is 22.7. The number of hydrogen-bond acceptors (Lipinski definition) is 13. The topological polar surface area (TPSA) is 101 Å². The van der Waals surface area contributed by atoms with Crippen molar-refractivity contribution in [2.75, 3.05) is 35.2 Å². The quantitative estimate of drug-likeness (QED) is 0.248. The molecular weight excluding hydrogens is 465 g/mol. The molecule has 158 valence electrons. The Kier molecular flexibility index (Phi) is 9.86. The van der Waals surface area contributed by atoms with E-state index in [0.717, 1.165) is 79.2 Å².